The number of aliphatic hydroxyl groups excluding tert-OH is 1. The SMILES string of the molecule is CC(=O)/C=C(/C)O.Cc1[c-]c(-c2nccc3c2cnc2c([Si](C)(C)C)cc(-c4ccccc4)cc23)cc(C)c1.[Ir]. The Morgan fingerprint density at radius 3 is 2.15 bits per heavy atom. The molecule has 0 aliphatic carbocycles. The number of hydrogen-bond acceptors (Lipinski definition) is 4. The molecule has 0 unspecified atom stereocenters. The Morgan fingerprint density at radius 2 is 1.57 bits per heavy atom. The maximum atomic E-state index is 10.0. The number of carbonyl (C=O) groups excluding carboxylic acids is 1. The van der Waals surface area contributed by atoms with Crippen molar-refractivity contribution in [3.8, 4) is 22.4 Å². The van der Waals surface area contributed by atoms with Crippen molar-refractivity contribution in [2.24, 2.45) is 0 Å². The molecule has 0 aliphatic heterocycles. The van der Waals surface area contributed by atoms with Gasteiger partial charge in [0.15, 0.2) is 5.78 Å². The maximum absolute atomic E-state index is 10.0. The van der Waals surface area contributed by atoms with Crippen molar-refractivity contribution in [1.29, 1.82) is 0 Å². The molecule has 2 heterocycles. The molecule has 0 spiro atoms. The summed E-state index contributed by atoms with van der Waals surface area (Å²) < 4.78 is 0. The molecule has 0 fully saturated rings. The van der Waals surface area contributed by atoms with E-state index in [9.17, 15) is 4.79 Å². The van der Waals surface area contributed by atoms with E-state index < -0.39 is 8.07 Å². The Kier molecular flexibility index (Phi) is 9.96. The van der Waals surface area contributed by atoms with Gasteiger partial charge in [0.25, 0.3) is 0 Å². The number of allylic oxidation sites excluding steroid dienone is 2. The minimum absolute atomic E-state index is 0. The average Bonchev–Trinajstić information content (AvgIpc) is 2.86. The Morgan fingerprint density at radius 1 is 0.875 bits per heavy atom. The molecule has 0 aliphatic rings. The molecule has 5 rings (SSSR count). The summed E-state index contributed by atoms with van der Waals surface area (Å²) in [5, 5.41) is 13.2. The van der Waals surface area contributed by atoms with Crippen molar-refractivity contribution in [2.75, 3.05) is 0 Å². The first-order chi connectivity index (χ1) is 18.4. The summed E-state index contributed by atoms with van der Waals surface area (Å²) in [5.41, 5.74) is 7.93. The number of pyridine rings is 2. The van der Waals surface area contributed by atoms with Crippen LogP contribution < -0.4 is 5.19 Å². The zero-order valence-corrected chi connectivity index (χ0v) is 27.5. The second-order valence-corrected chi connectivity index (χ2v) is 16.1. The van der Waals surface area contributed by atoms with E-state index in [0.717, 1.165) is 27.7 Å². The Labute approximate surface area is 251 Å². The number of carbonyl (C=O) groups is 1. The topological polar surface area (TPSA) is 63.1 Å². The van der Waals surface area contributed by atoms with Crippen LogP contribution in [0.5, 0.6) is 0 Å². The van der Waals surface area contributed by atoms with Gasteiger partial charge in [-0.05, 0) is 58.8 Å². The van der Waals surface area contributed by atoms with Crippen LogP contribution in [-0.2, 0) is 24.9 Å². The van der Waals surface area contributed by atoms with Crippen LogP contribution in [0.15, 0.2) is 84.9 Å². The second kappa shape index (κ2) is 12.8. The predicted molar refractivity (Wildman–Crippen MR) is 166 cm³/mol. The molecule has 6 heteroatoms. The molecule has 207 valence electrons. The van der Waals surface area contributed by atoms with E-state index >= 15 is 0 Å². The smallest absolute Gasteiger partial charge is 0.155 e. The summed E-state index contributed by atoms with van der Waals surface area (Å²) in [6.45, 7) is 14.2. The molecule has 0 bridgehead atoms. The Hall–Kier alpha value is -3.44. The molecule has 1 radical (unpaired) electrons. The van der Waals surface area contributed by atoms with Crippen molar-refractivity contribution in [3.05, 3.63) is 102 Å². The quantitative estimate of drug-likeness (QED) is 0.0670. The monoisotopic (exact) mass is 724 g/mol. The van der Waals surface area contributed by atoms with E-state index in [1.165, 1.54) is 52.6 Å². The first kappa shape index (κ1) is 31.1. The molecular weight excluding hydrogens is 689 g/mol. The fraction of sp³-hybridized carbons (Fsp3) is 0.206. The standard InChI is InChI=1S/C29H27N2Si.C5H8O2.Ir/c1-19-13-20(2)15-23(14-19)28-26-18-31-29-25(24(26)11-12-30-28)16-22(17-27(29)32(3,4)5)21-9-7-6-8-10-21;1-4(6)3-5(2)7;/h6-14,16-18H,1-5H3;3,6H,1-2H3;/q-1;;/b;4-3-;. The van der Waals surface area contributed by atoms with Gasteiger partial charge in [-0.15, -0.1) is 34.9 Å². The molecule has 0 amide bonds. The molecule has 4 nitrogen and oxygen atoms in total. The van der Waals surface area contributed by atoms with Gasteiger partial charge in [0, 0.05) is 44.0 Å². The van der Waals surface area contributed by atoms with E-state index in [2.05, 4.69) is 100 Å². The number of aryl methyl sites for hydroxylation is 2. The molecule has 0 atom stereocenters. The van der Waals surface area contributed by atoms with E-state index in [1.807, 2.05) is 12.4 Å². The molecule has 0 saturated heterocycles. The van der Waals surface area contributed by atoms with Gasteiger partial charge >= 0.3 is 0 Å². The van der Waals surface area contributed by atoms with Crippen LogP contribution >= 0.6 is 0 Å². The summed E-state index contributed by atoms with van der Waals surface area (Å²) in [5.74, 6) is -0.0625. The van der Waals surface area contributed by atoms with Crippen molar-refractivity contribution in [1.82, 2.24) is 9.97 Å². The number of hydrogen-bond donors (Lipinski definition) is 1. The van der Waals surface area contributed by atoms with Crippen LogP contribution in [-0.4, -0.2) is 28.9 Å². The van der Waals surface area contributed by atoms with E-state index in [1.54, 1.807) is 0 Å². The number of fused-ring (bicyclic) bond motifs is 3. The molecular formula is C34H35IrN2O2Si-. The third kappa shape index (κ3) is 7.19. The van der Waals surface area contributed by atoms with Gasteiger partial charge in [0.1, 0.15) is 0 Å². The maximum Gasteiger partial charge on any atom is 0.155 e. The third-order valence-corrected chi connectivity index (χ3v) is 8.44. The number of nitrogens with zero attached hydrogens (tertiary/aromatic N) is 2. The average molecular weight is 724 g/mol. The zero-order chi connectivity index (χ0) is 28.3. The van der Waals surface area contributed by atoms with Crippen LogP contribution in [0.25, 0.3) is 44.1 Å². The van der Waals surface area contributed by atoms with Crippen molar-refractivity contribution >= 4 is 40.7 Å². The first-order valence-electron chi connectivity index (χ1n) is 13.1. The minimum Gasteiger partial charge on any atom is -0.512 e. The fourth-order valence-electron chi connectivity index (χ4n) is 4.85. The summed E-state index contributed by atoms with van der Waals surface area (Å²) in [7, 11) is -1.63. The van der Waals surface area contributed by atoms with Crippen LogP contribution in [0, 0.1) is 19.9 Å². The molecule has 1 N–H and O–H groups in total. The number of aromatic nitrogens is 2. The van der Waals surface area contributed by atoms with E-state index in [0.29, 0.717) is 0 Å². The molecule has 3 aromatic carbocycles. The van der Waals surface area contributed by atoms with Gasteiger partial charge < -0.3 is 10.1 Å². The summed E-state index contributed by atoms with van der Waals surface area (Å²) >= 11 is 0. The fourth-order valence-corrected chi connectivity index (χ4v) is 6.35. The predicted octanol–water partition coefficient (Wildman–Crippen LogP) is 8.11. The van der Waals surface area contributed by atoms with Crippen LogP contribution in [0.2, 0.25) is 19.6 Å². The number of ketones is 1. The first-order valence-corrected chi connectivity index (χ1v) is 16.6. The zero-order valence-electron chi connectivity index (χ0n) is 24.1. The van der Waals surface area contributed by atoms with E-state index in [-0.39, 0.29) is 31.6 Å². The summed E-state index contributed by atoms with van der Waals surface area (Å²) in [4.78, 5) is 19.8. The number of rotatable bonds is 4. The van der Waals surface area contributed by atoms with Gasteiger partial charge in [-0.25, -0.2) is 0 Å². The van der Waals surface area contributed by atoms with E-state index in [4.69, 9.17) is 15.1 Å². The van der Waals surface area contributed by atoms with Gasteiger partial charge in [0.05, 0.1) is 19.3 Å². The molecule has 5 aromatic rings. The Balaban J connectivity index is 0.000000492. The van der Waals surface area contributed by atoms with Crippen LogP contribution in [0.3, 0.4) is 0 Å². The van der Waals surface area contributed by atoms with Gasteiger partial charge in [-0.1, -0.05) is 69.9 Å². The largest absolute Gasteiger partial charge is 0.512 e. The molecule has 2 aromatic heterocycles. The van der Waals surface area contributed by atoms with Crippen molar-refractivity contribution in [2.45, 2.75) is 47.3 Å². The molecule has 40 heavy (non-hydrogen) atoms. The van der Waals surface area contributed by atoms with Gasteiger partial charge in [-0.2, -0.15) is 0 Å². The minimum atomic E-state index is -1.63. The third-order valence-electron chi connectivity index (χ3n) is 6.44. The number of aliphatic hydroxyl groups is 1. The normalized spacial score (nSPS) is 11.5. The van der Waals surface area contributed by atoms with Crippen LogP contribution in [0.1, 0.15) is 25.0 Å². The summed E-state index contributed by atoms with van der Waals surface area (Å²) in [6.07, 6.45) is 5.10. The van der Waals surface area contributed by atoms with Crippen molar-refractivity contribution < 1.29 is 30.0 Å². The van der Waals surface area contributed by atoms with Crippen LogP contribution in [0.4, 0.5) is 0 Å². The Bertz CT molecular complexity index is 1680. The van der Waals surface area contributed by atoms with Gasteiger partial charge in [-0.3, -0.25) is 9.78 Å². The second-order valence-electron chi connectivity index (χ2n) is 11.1. The molecule has 0 saturated carbocycles. The van der Waals surface area contributed by atoms with Crippen molar-refractivity contribution in [3.63, 3.8) is 0 Å². The summed E-state index contributed by atoms with van der Waals surface area (Å²) in [6, 6.07) is 25.3. The van der Waals surface area contributed by atoms with Gasteiger partial charge in [0.2, 0.25) is 0 Å². The number of benzene rings is 3.